The molecular formula is C8H15NO3. The largest absolute Gasteiger partial charge is 0.481 e. The van der Waals surface area contributed by atoms with E-state index in [1.54, 1.807) is 20.8 Å². The van der Waals surface area contributed by atoms with Gasteiger partial charge in [-0.1, -0.05) is 0 Å². The van der Waals surface area contributed by atoms with Crippen molar-refractivity contribution in [2.75, 3.05) is 0 Å². The van der Waals surface area contributed by atoms with Crippen LogP contribution >= 0.6 is 0 Å². The molecule has 12 heavy (non-hydrogen) atoms. The van der Waals surface area contributed by atoms with Gasteiger partial charge in [0, 0.05) is 13.0 Å². The number of amides is 1. The van der Waals surface area contributed by atoms with E-state index < -0.39 is 11.4 Å². The molecule has 4 nitrogen and oxygen atoms in total. The van der Waals surface area contributed by atoms with Crippen molar-refractivity contribution in [2.45, 2.75) is 33.7 Å². The molecule has 70 valence electrons. The zero-order chi connectivity index (χ0) is 9.94. The monoisotopic (exact) mass is 173 g/mol. The maximum Gasteiger partial charge on any atom is 0.311 e. The van der Waals surface area contributed by atoms with Crippen molar-refractivity contribution in [3.63, 3.8) is 0 Å². The zero-order valence-corrected chi connectivity index (χ0v) is 7.84. The average Bonchev–Trinajstić information content (AvgIpc) is 1.85. The van der Waals surface area contributed by atoms with Gasteiger partial charge in [0.2, 0.25) is 5.91 Å². The SMILES string of the molecule is CC(=O)N[C@@H](C)C(C)(C)C(=O)O. The van der Waals surface area contributed by atoms with Gasteiger partial charge in [-0.05, 0) is 20.8 Å². The van der Waals surface area contributed by atoms with Gasteiger partial charge >= 0.3 is 5.97 Å². The van der Waals surface area contributed by atoms with Crippen molar-refractivity contribution in [3.8, 4) is 0 Å². The first kappa shape index (κ1) is 10.9. The summed E-state index contributed by atoms with van der Waals surface area (Å²) in [5.74, 6) is -1.12. The maximum atomic E-state index is 10.7. The highest BCUT2D eigenvalue weighted by Gasteiger charge is 2.34. The summed E-state index contributed by atoms with van der Waals surface area (Å²) >= 11 is 0. The van der Waals surface area contributed by atoms with E-state index in [0.717, 1.165) is 0 Å². The highest BCUT2D eigenvalue weighted by Crippen LogP contribution is 2.20. The van der Waals surface area contributed by atoms with Crippen LogP contribution in [0.1, 0.15) is 27.7 Å². The molecule has 0 saturated carbocycles. The Hall–Kier alpha value is -1.06. The predicted molar refractivity (Wildman–Crippen MR) is 44.7 cm³/mol. The second-order valence-corrected chi connectivity index (χ2v) is 3.45. The minimum atomic E-state index is -0.925. The van der Waals surface area contributed by atoms with E-state index >= 15 is 0 Å². The minimum Gasteiger partial charge on any atom is -0.481 e. The molecule has 0 spiro atoms. The number of nitrogens with one attached hydrogen (secondary N) is 1. The van der Waals surface area contributed by atoms with Crippen LogP contribution < -0.4 is 5.32 Å². The smallest absolute Gasteiger partial charge is 0.311 e. The fourth-order valence-corrected chi connectivity index (χ4v) is 0.671. The Bertz CT molecular complexity index is 198. The van der Waals surface area contributed by atoms with Crippen LogP contribution in [-0.4, -0.2) is 23.0 Å². The lowest BCUT2D eigenvalue weighted by Gasteiger charge is -2.27. The summed E-state index contributed by atoms with van der Waals surface area (Å²) in [6.45, 7) is 6.20. The summed E-state index contributed by atoms with van der Waals surface area (Å²) < 4.78 is 0. The third kappa shape index (κ3) is 2.53. The van der Waals surface area contributed by atoms with Crippen LogP contribution in [0.25, 0.3) is 0 Å². The molecule has 0 unspecified atom stereocenters. The molecule has 0 aliphatic heterocycles. The molecule has 0 bridgehead atoms. The van der Waals surface area contributed by atoms with Gasteiger partial charge in [0.25, 0.3) is 0 Å². The van der Waals surface area contributed by atoms with Crippen molar-refractivity contribution in [1.82, 2.24) is 5.32 Å². The van der Waals surface area contributed by atoms with Crippen LogP contribution in [0, 0.1) is 5.41 Å². The Morgan fingerprint density at radius 1 is 1.42 bits per heavy atom. The molecule has 0 heterocycles. The molecule has 0 fully saturated rings. The number of carbonyl (C=O) groups is 2. The summed E-state index contributed by atoms with van der Waals surface area (Å²) in [4.78, 5) is 21.3. The number of carboxylic acid groups (broad SMARTS) is 1. The minimum absolute atomic E-state index is 0.211. The lowest BCUT2D eigenvalue weighted by molar-refractivity contribution is -0.148. The van der Waals surface area contributed by atoms with Gasteiger partial charge in [0.15, 0.2) is 0 Å². The standard InChI is InChI=1S/C8H15NO3/c1-5(9-6(2)10)8(3,4)7(11)12/h5H,1-4H3,(H,9,10)(H,11,12)/t5-/m0/s1. The van der Waals surface area contributed by atoms with Crippen LogP contribution in [-0.2, 0) is 9.59 Å². The zero-order valence-electron chi connectivity index (χ0n) is 7.84. The van der Waals surface area contributed by atoms with Crippen molar-refractivity contribution in [2.24, 2.45) is 5.41 Å². The van der Waals surface area contributed by atoms with Crippen LogP contribution in [0.5, 0.6) is 0 Å². The van der Waals surface area contributed by atoms with Crippen molar-refractivity contribution < 1.29 is 14.7 Å². The van der Waals surface area contributed by atoms with Crippen molar-refractivity contribution in [1.29, 1.82) is 0 Å². The molecular weight excluding hydrogens is 158 g/mol. The molecule has 0 saturated heterocycles. The summed E-state index contributed by atoms with van der Waals surface area (Å²) in [7, 11) is 0. The van der Waals surface area contributed by atoms with Gasteiger partial charge in [-0.2, -0.15) is 0 Å². The van der Waals surface area contributed by atoms with E-state index in [4.69, 9.17) is 5.11 Å². The number of aliphatic carboxylic acids is 1. The van der Waals surface area contributed by atoms with Gasteiger partial charge in [0.1, 0.15) is 0 Å². The van der Waals surface area contributed by atoms with Crippen LogP contribution in [0.3, 0.4) is 0 Å². The number of carbonyl (C=O) groups excluding carboxylic acids is 1. The molecule has 0 rings (SSSR count). The third-order valence-corrected chi connectivity index (χ3v) is 2.05. The van der Waals surface area contributed by atoms with E-state index in [2.05, 4.69) is 5.32 Å². The Labute approximate surface area is 72.0 Å². The summed E-state index contributed by atoms with van der Waals surface area (Å²) in [6.07, 6.45) is 0. The lowest BCUT2D eigenvalue weighted by Crippen LogP contribution is -2.46. The quantitative estimate of drug-likeness (QED) is 0.657. The molecule has 0 aromatic rings. The first-order chi connectivity index (χ1) is 5.28. The van der Waals surface area contributed by atoms with Gasteiger partial charge < -0.3 is 10.4 Å². The lowest BCUT2D eigenvalue weighted by atomic mass is 9.85. The number of hydrogen-bond donors (Lipinski definition) is 2. The van der Waals surface area contributed by atoms with E-state index in [0.29, 0.717) is 0 Å². The van der Waals surface area contributed by atoms with Gasteiger partial charge in [-0.15, -0.1) is 0 Å². The fraction of sp³-hybridized carbons (Fsp3) is 0.750. The molecule has 1 amide bonds. The van der Waals surface area contributed by atoms with Crippen molar-refractivity contribution in [3.05, 3.63) is 0 Å². The molecule has 4 heteroatoms. The summed E-state index contributed by atoms with van der Waals surface area (Å²) in [6, 6.07) is -0.368. The molecule has 0 radical (unpaired) electrons. The van der Waals surface area contributed by atoms with Crippen LogP contribution in [0.2, 0.25) is 0 Å². The normalized spacial score (nSPS) is 13.7. The molecule has 0 aliphatic carbocycles. The molecule has 1 atom stereocenters. The molecule has 0 aliphatic rings. The van der Waals surface area contributed by atoms with E-state index in [-0.39, 0.29) is 11.9 Å². The second-order valence-electron chi connectivity index (χ2n) is 3.45. The first-order valence-corrected chi connectivity index (χ1v) is 3.79. The Morgan fingerprint density at radius 2 is 1.83 bits per heavy atom. The summed E-state index contributed by atoms with van der Waals surface area (Å²) in [5.41, 5.74) is -0.925. The topological polar surface area (TPSA) is 66.4 Å². The molecule has 2 N–H and O–H groups in total. The Kier molecular flexibility index (Phi) is 3.24. The van der Waals surface area contributed by atoms with E-state index in [1.807, 2.05) is 0 Å². The Morgan fingerprint density at radius 3 is 2.08 bits per heavy atom. The summed E-state index contributed by atoms with van der Waals surface area (Å²) in [5, 5.41) is 11.3. The molecule has 0 aromatic carbocycles. The van der Waals surface area contributed by atoms with Crippen molar-refractivity contribution >= 4 is 11.9 Å². The fourth-order valence-electron chi connectivity index (χ4n) is 0.671. The number of carboxylic acids is 1. The number of hydrogen-bond acceptors (Lipinski definition) is 2. The van der Waals surface area contributed by atoms with Gasteiger partial charge in [-0.3, -0.25) is 9.59 Å². The number of rotatable bonds is 3. The van der Waals surface area contributed by atoms with Gasteiger partial charge in [0.05, 0.1) is 5.41 Å². The van der Waals surface area contributed by atoms with Crippen LogP contribution in [0.15, 0.2) is 0 Å². The highest BCUT2D eigenvalue weighted by atomic mass is 16.4. The van der Waals surface area contributed by atoms with E-state index in [1.165, 1.54) is 6.92 Å². The maximum absolute atomic E-state index is 10.7. The van der Waals surface area contributed by atoms with E-state index in [9.17, 15) is 9.59 Å². The van der Waals surface area contributed by atoms with Gasteiger partial charge in [-0.25, -0.2) is 0 Å². The Balaban J connectivity index is 4.35. The third-order valence-electron chi connectivity index (χ3n) is 2.05. The first-order valence-electron chi connectivity index (χ1n) is 3.79. The highest BCUT2D eigenvalue weighted by molar-refractivity contribution is 5.77. The average molecular weight is 173 g/mol. The molecule has 0 aromatic heterocycles. The second kappa shape index (κ2) is 3.56. The van der Waals surface area contributed by atoms with Crippen LogP contribution in [0.4, 0.5) is 0 Å². The predicted octanol–water partition coefficient (Wildman–Crippen LogP) is 0.622.